The minimum atomic E-state index is -0.809. The molecular weight excluding hydrogens is 264 g/mol. The lowest BCUT2D eigenvalue weighted by atomic mass is 9.86. The predicted octanol–water partition coefficient (Wildman–Crippen LogP) is 3.12. The number of aliphatic carboxylic acids is 1. The zero-order valence-corrected chi connectivity index (χ0v) is 14.5. The Kier molecular flexibility index (Phi) is 7.14. The zero-order valence-electron chi connectivity index (χ0n) is 14.5. The fourth-order valence-corrected chi connectivity index (χ4v) is 3.43. The average molecular weight is 298 g/mol. The van der Waals surface area contributed by atoms with Crippen LogP contribution >= 0.6 is 0 Å². The fourth-order valence-electron chi connectivity index (χ4n) is 3.43. The molecule has 1 atom stereocenters. The van der Waals surface area contributed by atoms with E-state index in [1.807, 2.05) is 13.8 Å². The van der Waals surface area contributed by atoms with Crippen LogP contribution in [0.4, 0.5) is 0 Å². The summed E-state index contributed by atoms with van der Waals surface area (Å²) in [6.45, 7) is 9.12. The zero-order chi connectivity index (χ0) is 16.0. The maximum absolute atomic E-state index is 11.5. The van der Waals surface area contributed by atoms with E-state index in [1.54, 1.807) is 6.92 Å². The van der Waals surface area contributed by atoms with Crippen LogP contribution < -0.4 is 5.32 Å². The maximum atomic E-state index is 11.5. The molecule has 0 radical (unpaired) electrons. The maximum Gasteiger partial charge on any atom is 0.323 e. The molecule has 0 amide bonds. The molecule has 1 unspecified atom stereocenters. The molecule has 2 N–H and O–H groups in total. The normalized spacial score (nSPS) is 26.0. The summed E-state index contributed by atoms with van der Waals surface area (Å²) in [5.74, 6) is 0.130. The van der Waals surface area contributed by atoms with E-state index in [0.29, 0.717) is 12.5 Å². The molecule has 1 aliphatic carbocycles. The van der Waals surface area contributed by atoms with Gasteiger partial charge in [0.1, 0.15) is 5.54 Å². The molecule has 1 rings (SSSR count). The van der Waals surface area contributed by atoms with E-state index in [4.69, 9.17) is 0 Å². The van der Waals surface area contributed by atoms with E-state index in [2.05, 4.69) is 24.2 Å². The molecular formula is C17H34N2O2. The predicted molar refractivity (Wildman–Crippen MR) is 87.6 cm³/mol. The van der Waals surface area contributed by atoms with E-state index in [-0.39, 0.29) is 6.04 Å². The molecule has 0 aromatic rings. The molecule has 0 aromatic heterocycles. The van der Waals surface area contributed by atoms with E-state index in [1.165, 1.54) is 25.7 Å². The van der Waals surface area contributed by atoms with Crippen molar-refractivity contribution < 1.29 is 9.90 Å². The Morgan fingerprint density at radius 2 is 1.90 bits per heavy atom. The molecule has 1 fully saturated rings. The lowest BCUT2D eigenvalue weighted by molar-refractivity contribution is -0.144. The first kappa shape index (κ1) is 18.4. The second-order valence-corrected chi connectivity index (χ2v) is 7.43. The van der Waals surface area contributed by atoms with Crippen LogP contribution in [0.25, 0.3) is 0 Å². The lowest BCUT2D eigenvalue weighted by Crippen LogP contribution is -2.52. The van der Waals surface area contributed by atoms with E-state index in [0.717, 1.165) is 18.9 Å². The summed E-state index contributed by atoms with van der Waals surface area (Å²) >= 11 is 0. The number of nitrogens with one attached hydrogen (secondary N) is 1. The molecule has 1 aliphatic rings. The van der Waals surface area contributed by atoms with Gasteiger partial charge < -0.3 is 10.0 Å². The first-order valence-electron chi connectivity index (χ1n) is 8.46. The summed E-state index contributed by atoms with van der Waals surface area (Å²) in [5.41, 5.74) is -0.809. The van der Waals surface area contributed by atoms with Crippen molar-refractivity contribution in [1.82, 2.24) is 10.2 Å². The second kappa shape index (κ2) is 8.14. The van der Waals surface area contributed by atoms with E-state index < -0.39 is 11.5 Å². The standard InChI is InChI=1S/C17H34N2O2/c1-13(2)18-17(4,16(20)21)11-6-12-19(5)15-9-7-14(3)8-10-15/h13-15,18H,6-12H2,1-5H3,(H,20,21). The van der Waals surface area contributed by atoms with Gasteiger partial charge in [0.15, 0.2) is 0 Å². The Morgan fingerprint density at radius 1 is 1.33 bits per heavy atom. The number of carbonyl (C=O) groups is 1. The van der Waals surface area contributed by atoms with Gasteiger partial charge in [-0.1, -0.05) is 6.92 Å². The van der Waals surface area contributed by atoms with Gasteiger partial charge in [0.2, 0.25) is 0 Å². The highest BCUT2D eigenvalue weighted by molar-refractivity contribution is 5.78. The van der Waals surface area contributed by atoms with Gasteiger partial charge in [-0.25, -0.2) is 0 Å². The van der Waals surface area contributed by atoms with Crippen LogP contribution in [-0.4, -0.2) is 47.2 Å². The molecule has 124 valence electrons. The molecule has 21 heavy (non-hydrogen) atoms. The third-order valence-corrected chi connectivity index (χ3v) is 4.88. The van der Waals surface area contributed by atoms with Crippen LogP contribution in [0.15, 0.2) is 0 Å². The first-order chi connectivity index (χ1) is 9.74. The topological polar surface area (TPSA) is 52.6 Å². The lowest BCUT2D eigenvalue weighted by Gasteiger charge is -2.34. The summed E-state index contributed by atoms with van der Waals surface area (Å²) in [6.07, 6.45) is 6.84. The largest absolute Gasteiger partial charge is 0.480 e. The van der Waals surface area contributed by atoms with Crippen LogP contribution in [0.1, 0.15) is 66.2 Å². The average Bonchev–Trinajstić information content (AvgIpc) is 2.38. The van der Waals surface area contributed by atoms with Crippen LogP contribution in [-0.2, 0) is 4.79 Å². The number of carboxylic acids is 1. The van der Waals surface area contributed by atoms with Crippen LogP contribution in [0.3, 0.4) is 0 Å². The highest BCUT2D eigenvalue weighted by Crippen LogP contribution is 2.26. The number of hydrogen-bond acceptors (Lipinski definition) is 3. The van der Waals surface area contributed by atoms with Gasteiger partial charge in [-0.3, -0.25) is 10.1 Å². The van der Waals surface area contributed by atoms with Crippen molar-refractivity contribution in [2.75, 3.05) is 13.6 Å². The summed E-state index contributed by atoms with van der Waals surface area (Å²) in [5, 5.41) is 12.6. The molecule has 0 bridgehead atoms. The Balaban J connectivity index is 2.38. The smallest absolute Gasteiger partial charge is 0.323 e. The molecule has 4 nitrogen and oxygen atoms in total. The summed E-state index contributed by atoms with van der Waals surface area (Å²) in [6, 6.07) is 0.874. The number of nitrogens with zero attached hydrogens (tertiary/aromatic N) is 1. The third kappa shape index (κ3) is 5.95. The molecule has 0 aromatic carbocycles. The van der Waals surface area contributed by atoms with Gasteiger partial charge >= 0.3 is 5.97 Å². The molecule has 4 heteroatoms. The van der Waals surface area contributed by atoms with Crippen LogP contribution in [0.5, 0.6) is 0 Å². The summed E-state index contributed by atoms with van der Waals surface area (Å²) in [4.78, 5) is 13.9. The van der Waals surface area contributed by atoms with Crippen molar-refractivity contribution in [3.05, 3.63) is 0 Å². The Labute approximate surface area is 130 Å². The van der Waals surface area contributed by atoms with Crippen molar-refractivity contribution >= 4 is 5.97 Å². The number of rotatable bonds is 8. The monoisotopic (exact) mass is 298 g/mol. The van der Waals surface area contributed by atoms with Gasteiger partial charge in [-0.2, -0.15) is 0 Å². The van der Waals surface area contributed by atoms with Gasteiger partial charge in [-0.05, 0) is 78.8 Å². The number of hydrogen-bond donors (Lipinski definition) is 2. The van der Waals surface area contributed by atoms with Crippen molar-refractivity contribution in [3.8, 4) is 0 Å². The van der Waals surface area contributed by atoms with E-state index in [9.17, 15) is 9.90 Å². The first-order valence-corrected chi connectivity index (χ1v) is 8.46. The third-order valence-electron chi connectivity index (χ3n) is 4.88. The summed E-state index contributed by atoms with van der Waals surface area (Å²) < 4.78 is 0. The molecule has 0 saturated heterocycles. The van der Waals surface area contributed by atoms with Gasteiger partial charge in [0, 0.05) is 12.1 Å². The minimum Gasteiger partial charge on any atom is -0.480 e. The van der Waals surface area contributed by atoms with Gasteiger partial charge in [0.25, 0.3) is 0 Å². The number of carboxylic acid groups (broad SMARTS) is 1. The highest BCUT2D eigenvalue weighted by Gasteiger charge is 2.33. The molecule has 0 spiro atoms. The second-order valence-electron chi connectivity index (χ2n) is 7.43. The Hall–Kier alpha value is -0.610. The van der Waals surface area contributed by atoms with Crippen LogP contribution in [0, 0.1) is 5.92 Å². The van der Waals surface area contributed by atoms with Crippen molar-refractivity contribution in [2.24, 2.45) is 5.92 Å². The minimum absolute atomic E-state index is 0.184. The Morgan fingerprint density at radius 3 is 2.38 bits per heavy atom. The van der Waals surface area contributed by atoms with Gasteiger partial charge in [0.05, 0.1) is 0 Å². The van der Waals surface area contributed by atoms with Crippen molar-refractivity contribution in [1.29, 1.82) is 0 Å². The SMILES string of the molecule is CC1CCC(N(C)CCCC(C)(NC(C)C)C(=O)O)CC1. The van der Waals surface area contributed by atoms with Crippen molar-refractivity contribution in [2.45, 2.75) is 83.8 Å². The van der Waals surface area contributed by atoms with Gasteiger partial charge in [-0.15, -0.1) is 0 Å². The summed E-state index contributed by atoms with van der Waals surface area (Å²) in [7, 11) is 2.19. The van der Waals surface area contributed by atoms with E-state index >= 15 is 0 Å². The molecule has 1 saturated carbocycles. The van der Waals surface area contributed by atoms with Crippen molar-refractivity contribution in [3.63, 3.8) is 0 Å². The van der Waals surface area contributed by atoms with Crippen LogP contribution in [0.2, 0.25) is 0 Å². The fraction of sp³-hybridized carbons (Fsp3) is 0.941. The molecule has 0 heterocycles. The Bertz CT molecular complexity index is 325. The highest BCUT2D eigenvalue weighted by atomic mass is 16.4. The molecule has 0 aliphatic heterocycles. The quantitative estimate of drug-likeness (QED) is 0.723.